The van der Waals surface area contributed by atoms with Crippen molar-refractivity contribution in [2.24, 2.45) is 4.99 Å². The van der Waals surface area contributed by atoms with Gasteiger partial charge < -0.3 is 20.5 Å². The molecule has 0 unspecified atom stereocenters. The minimum atomic E-state index is -0.503. The molecular weight excluding hydrogens is 364 g/mol. The Hall–Kier alpha value is -3.21. The van der Waals surface area contributed by atoms with Crippen LogP contribution in [0.5, 0.6) is 5.88 Å². The molecule has 2 saturated carbocycles. The fourth-order valence-corrected chi connectivity index (χ4v) is 3.42. The van der Waals surface area contributed by atoms with Gasteiger partial charge in [-0.3, -0.25) is 4.98 Å². The Bertz CT molecular complexity index is 1210. The Kier molecular flexibility index (Phi) is 3.90. The van der Waals surface area contributed by atoms with E-state index in [1.807, 2.05) is 0 Å². The molecule has 3 heterocycles. The fourth-order valence-electron chi connectivity index (χ4n) is 3.42. The molecule has 2 fully saturated rings. The van der Waals surface area contributed by atoms with Crippen LogP contribution >= 0.6 is 0 Å². The lowest BCUT2D eigenvalue weighted by atomic mass is 10.2. The van der Waals surface area contributed by atoms with Crippen LogP contribution in [0, 0.1) is 0 Å². The molecule has 3 aromatic rings. The lowest BCUT2D eigenvalue weighted by Gasteiger charge is -2.16. The van der Waals surface area contributed by atoms with Gasteiger partial charge in [0.2, 0.25) is 11.8 Å². The summed E-state index contributed by atoms with van der Waals surface area (Å²) < 4.78 is 1.54. The van der Waals surface area contributed by atoms with E-state index in [1.54, 1.807) is 16.8 Å². The van der Waals surface area contributed by atoms with E-state index in [1.165, 1.54) is 0 Å². The Morgan fingerprint density at radius 1 is 1.25 bits per heavy atom. The van der Waals surface area contributed by atoms with Crippen molar-refractivity contribution >= 4 is 17.7 Å². The lowest BCUT2D eigenvalue weighted by Crippen LogP contribution is -2.32. The molecule has 3 aromatic heterocycles. The van der Waals surface area contributed by atoms with Crippen molar-refractivity contribution in [2.45, 2.75) is 50.3 Å². The van der Waals surface area contributed by atoms with Gasteiger partial charge in [-0.2, -0.15) is 19.6 Å². The quantitative estimate of drug-likeness (QED) is 0.377. The van der Waals surface area contributed by atoms with Crippen LogP contribution in [-0.2, 0) is 0 Å². The second-order valence-electron chi connectivity index (χ2n) is 7.28. The zero-order valence-electron chi connectivity index (χ0n) is 15.0. The van der Waals surface area contributed by atoms with E-state index < -0.39 is 11.8 Å². The zero-order valence-corrected chi connectivity index (χ0v) is 15.0. The largest absolute Gasteiger partial charge is 0.493 e. The summed E-state index contributed by atoms with van der Waals surface area (Å²) in [5, 5.41) is 28.1. The maximum atomic E-state index is 11.4. The van der Waals surface area contributed by atoms with Crippen LogP contribution in [-0.4, -0.2) is 58.0 Å². The molecule has 146 valence electrons. The summed E-state index contributed by atoms with van der Waals surface area (Å²) >= 11 is 0. The topological polar surface area (TPSA) is 157 Å². The van der Waals surface area contributed by atoms with E-state index in [2.05, 4.69) is 35.3 Å². The van der Waals surface area contributed by atoms with Crippen molar-refractivity contribution in [1.29, 1.82) is 0 Å². The minimum Gasteiger partial charge on any atom is -0.493 e. The summed E-state index contributed by atoms with van der Waals surface area (Å²) in [7, 11) is 0. The SMILES string of the molecule is O=c1[nH]c(O)c(/C=c2/cnn3c(=NC4CC4)nc(N[C@H]4CCC[C@@H]4O)nc23)[nH]1. The fraction of sp³-hybridized carbons (Fsp3) is 0.471. The molecule has 5 rings (SSSR count). The highest BCUT2D eigenvalue weighted by Gasteiger charge is 2.26. The molecule has 0 spiro atoms. The number of hydrogen-bond acceptors (Lipinski definition) is 8. The number of imidazole rings is 1. The predicted octanol–water partition coefficient (Wildman–Crippen LogP) is -1.22. The molecule has 11 nitrogen and oxygen atoms in total. The molecule has 2 aliphatic carbocycles. The van der Waals surface area contributed by atoms with Crippen molar-refractivity contribution in [2.75, 3.05) is 5.32 Å². The van der Waals surface area contributed by atoms with Crippen molar-refractivity contribution in [1.82, 2.24) is 29.5 Å². The number of aromatic hydroxyl groups is 1. The van der Waals surface area contributed by atoms with Gasteiger partial charge in [-0.05, 0) is 38.2 Å². The van der Waals surface area contributed by atoms with Gasteiger partial charge in [-0.25, -0.2) is 9.79 Å². The number of nitrogens with zero attached hydrogens (tertiary/aromatic N) is 5. The molecule has 11 heteroatoms. The Morgan fingerprint density at radius 2 is 2.11 bits per heavy atom. The van der Waals surface area contributed by atoms with Crippen LogP contribution in [0.1, 0.15) is 37.8 Å². The Morgan fingerprint density at radius 3 is 2.79 bits per heavy atom. The minimum absolute atomic E-state index is 0.100. The van der Waals surface area contributed by atoms with Gasteiger partial charge >= 0.3 is 5.69 Å². The first-order valence-electron chi connectivity index (χ1n) is 9.34. The number of aromatic amines is 2. The van der Waals surface area contributed by atoms with Gasteiger partial charge in [-0.1, -0.05) is 0 Å². The van der Waals surface area contributed by atoms with Crippen LogP contribution < -0.4 is 21.8 Å². The van der Waals surface area contributed by atoms with Crippen LogP contribution in [0.3, 0.4) is 0 Å². The first kappa shape index (κ1) is 16.9. The number of nitrogens with one attached hydrogen (secondary N) is 3. The third-order valence-corrected chi connectivity index (χ3v) is 5.05. The molecule has 2 aliphatic rings. The van der Waals surface area contributed by atoms with Crippen molar-refractivity contribution in [3.63, 3.8) is 0 Å². The molecule has 28 heavy (non-hydrogen) atoms. The molecule has 5 N–H and O–H groups in total. The predicted molar refractivity (Wildman–Crippen MR) is 98.5 cm³/mol. The number of fused-ring (bicyclic) bond motifs is 1. The zero-order chi connectivity index (χ0) is 19.3. The number of aliphatic hydroxyl groups excluding tert-OH is 1. The van der Waals surface area contributed by atoms with Crippen LogP contribution in [0.15, 0.2) is 16.0 Å². The van der Waals surface area contributed by atoms with Gasteiger partial charge in [0.05, 0.1) is 24.4 Å². The summed E-state index contributed by atoms with van der Waals surface area (Å²) in [4.78, 5) is 29.8. The maximum absolute atomic E-state index is 11.4. The number of H-pyrrole nitrogens is 2. The molecule has 0 aromatic carbocycles. The maximum Gasteiger partial charge on any atom is 0.326 e. The van der Waals surface area contributed by atoms with Crippen LogP contribution in [0.4, 0.5) is 5.95 Å². The average molecular weight is 384 g/mol. The molecule has 0 radical (unpaired) electrons. The van der Waals surface area contributed by atoms with Crippen molar-refractivity contribution < 1.29 is 10.2 Å². The van der Waals surface area contributed by atoms with Gasteiger partial charge in [-0.15, -0.1) is 0 Å². The van der Waals surface area contributed by atoms with Gasteiger partial charge in [0.15, 0.2) is 5.65 Å². The molecule has 0 aliphatic heterocycles. The molecular formula is C17H20N8O3. The van der Waals surface area contributed by atoms with E-state index in [0.29, 0.717) is 22.4 Å². The summed E-state index contributed by atoms with van der Waals surface area (Å²) in [6, 6.07) is 0.140. The highest BCUT2D eigenvalue weighted by atomic mass is 16.3. The van der Waals surface area contributed by atoms with Crippen LogP contribution in [0.2, 0.25) is 0 Å². The summed E-state index contributed by atoms with van der Waals surface area (Å²) in [5.41, 5.74) is 0.663. The van der Waals surface area contributed by atoms with E-state index in [0.717, 1.165) is 32.1 Å². The molecule has 0 bridgehead atoms. The summed E-state index contributed by atoms with van der Waals surface area (Å²) in [5.74, 6) is 0.119. The highest BCUT2D eigenvalue weighted by Crippen LogP contribution is 2.23. The highest BCUT2D eigenvalue weighted by molar-refractivity contribution is 5.57. The van der Waals surface area contributed by atoms with E-state index >= 15 is 0 Å². The van der Waals surface area contributed by atoms with E-state index in [9.17, 15) is 15.0 Å². The third kappa shape index (κ3) is 3.13. The van der Waals surface area contributed by atoms with Gasteiger partial charge in [0, 0.05) is 5.22 Å². The first-order valence-corrected chi connectivity index (χ1v) is 9.34. The molecule has 2 atom stereocenters. The smallest absolute Gasteiger partial charge is 0.326 e. The number of rotatable bonds is 4. The van der Waals surface area contributed by atoms with E-state index in [4.69, 9.17) is 0 Å². The van der Waals surface area contributed by atoms with E-state index in [-0.39, 0.29) is 23.7 Å². The average Bonchev–Trinajstić information content (AvgIpc) is 3.10. The normalized spacial score (nSPS) is 23.8. The number of anilines is 1. The van der Waals surface area contributed by atoms with Crippen molar-refractivity contribution in [3.8, 4) is 5.88 Å². The summed E-state index contributed by atoms with van der Waals surface area (Å²) in [6.45, 7) is 0. The molecule has 0 saturated heterocycles. The second kappa shape index (κ2) is 6.44. The van der Waals surface area contributed by atoms with Gasteiger partial charge in [0.1, 0.15) is 5.69 Å². The monoisotopic (exact) mass is 384 g/mol. The number of aliphatic hydroxyl groups is 1. The van der Waals surface area contributed by atoms with Gasteiger partial charge in [0.25, 0.3) is 5.62 Å². The lowest BCUT2D eigenvalue weighted by molar-refractivity contribution is 0.171. The third-order valence-electron chi connectivity index (χ3n) is 5.05. The molecule has 0 amide bonds. The second-order valence-corrected chi connectivity index (χ2v) is 7.28. The Labute approximate surface area is 157 Å². The first-order chi connectivity index (χ1) is 13.6. The van der Waals surface area contributed by atoms with Crippen LogP contribution in [0.25, 0.3) is 11.7 Å². The number of aromatic nitrogens is 6. The standard InChI is InChI=1S/C17H20N8O3/c26-12-3-1-2-10(12)20-15-22-13-8(6-11-14(27)23-17(28)21-11)7-18-25(13)16(24-15)19-9-4-5-9/h6-7,9-10,12,26-27H,1-5H2,(H,19,20,24)(H2,21,23,28)/b8-6-/t10-,12-/m0/s1. The number of hydrogen-bond donors (Lipinski definition) is 5. The Balaban J connectivity index is 1.65. The summed E-state index contributed by atoms with van der Waals surface area (Å²) in [6.07, 6.45) is 7.33. The van der Waals surface area contributed by atoms with Crippen molar-refractivity contribution in [3.05, 3.63) is 33.2 Å².